The molecule has 0 unspecified atom stereocenters. The minimum Gasteiger partial charge on any atom is -0.309 e. The Kier molecular flexibility index (Phi) is 4.13. The lowest BCUT2D eigenvalue weighted by molar-refractivity contribution is -0.109. The van der Waals surface area contributed by atoms with Gasteiger partial charge in [-0.15, -0.1) is 0 Å². The van der Waals surface area contributed by atoms with Crippen LogP contribution >= 0.6 is 15.9 Å². The number of halogens is 1. The van der Waals surface area contributed by atoms with Gasteiger partial charge in [-0.1, -0.05) is 20.8 Å². The zero-order valence-electron chi connectivity index (χ0n) is 6.70. The van der Waals surface area contributed by atoms with Crippen molar-refractivity contribution in [3.8, 4) is 0 Å². The molecule has 0 aliphatic carbocycles. The minimum atomic E-state index is 0.0109. The summed E-state index contributed by atoms with van der Waals surface area (Å²) < 4.78 is 0.0109. The lowest BCUT2D eigenvalue weighted by Gasteiger charge is -2.17. The van der Waals surface area contributed by atoms with Crippen LogP contribution in [0.5, 0.6) is 0 Å². The third-order valence-corrected chi connectivity index (χ3v) is 1.20. The second-order valence-corrected chi connectivity index (χ2v) is 4.40. The van der Waals surface area contributed by atoms with Gasteiger partial charge >= 0.3 is 0 Å². The topological polar surface area (TPSA) is 29.1 Å². The molecule has 0 aromatic heterocycles. The van der Waals surface area contributed by atoms with E-state index in [9.17, 15) is 4.79 Å². The number of nitrogens with one attached hydrogen (secondary N) is 1. The van der Waals surface area contributed by atoms with Crippen molar-refractivity contribution in [2.24, 2.45) is 5.41 Å². The summed E-state index contributed by atoms with van der Waals surface area (Å²) >= 11 is 2.84. The Balaban J connectivity index is 3.29. The first kappa shape index (κ1) is 10.1. The highest BCUT2D eigenvalue weighted by Gasteiger charge is 2.08. The Morgan fingerprint density at radius 3 is 2.30 bits per heavy atom. The van der Waals surface area contributed by atoms with Crippen molar-refractivity contribution < 1.29 is 4.79 Å². The molecule has 0 aromatic carbocycles. The third kappa shape index (κ3) is 8.11. The van der Waals surface area contributed by atoms with E-state index >= 15 is 0 Å². The Hall–Kier alpha value is 0.110. The Morgan fingerprint density at radius 1 is 1.50 bits per heavy atom. The van der Waals surface area contributed by atoms with E-state index in [1.54, 1.807) is 0 Å². The Morgan fingerprint density at radius 2 is 2.00 bits per heavy atom. The van der Waals surface area contributed by atoms with E-state index in [4.69, 9.17) is 0 Å². The van der Waals surface area contributed by atoms with Gasteiger partial charge in [-0.05, 0) is 21.3 Å². The molecular weight excluding hydrogens is 194 g/mol. The zero-order chi connectivity index (χ0) is 8.20. The number of hydrogen-bond acceptors (Lipinski definition) is 2. The van der Waals surface area contributed by atoms with E-state index in [0.29, 0.717) is 6.54 Å². The van der Waals surface area contributed by atoms with Crippen molar-refractivity contribution in [3.63, 3.8) is 0 Å². The normalized spacial score (nSPS) is 11.6. The van der Waals surface area contributed by atoms with Gasteiger partial charge in [0.1, 0.15) is 0 Å². The molecule has 0 amide bonds. The smallest absolute Gasteiger partial charge is 0.211 e. The van der Waals surface area contributed by atoms with Gasteiger partial charge in [0.25, 0.3) is 0 Å². The van der Waals surface area contributed by atoms with E-state index in [2.05, 4.69) is 42.0 Å². The standard InChI is InChI=1S/C7H14BrNO/c1-7(2,3)5-9-4-6(8)10/h9H,4-5H2,1-3H3. The number of hydrogen-bond donors (Lipinski definition) is 1. The van der Waals surface area contributed by atoms with E-state index < -0.39 is 0 Å². The summed E-state index contributed by atoms with van der Waals surface area (Å²) in [4.78, 5) is 10.4. The van der Waals surface area contributed by atoms with Crippen LogP contribution in [0.2, 0.25) is 0 Å². The molecule has 1 N–H and O–H groups in total. The fraction of sp³-hybridized carbons (Fsp3) is 0.857. The summed E-state index contributed by atoms with van der Waals surface area (Å²) in [5.74, 6) is 0. The first-order chi connectivity index (χ1) is 4.42. The molecule has 0 aromatic rings. The van der Waals surface area contributed by atoms with Crippen LogP contribution < -0.4 is 5.32 Å². The van der Waals surface area contributed by atoms with E-state index in [1.165, 1.54) is 0 Å². The van der Waals surface area contributed by atoms with Gasteiger partial charge in [-0.3, -0.25) is 4.79 Å². The maximum atomic E-state index is 10.4. The average Bonchev–Trinajstić information content (AvgIpc) is 1.59. The van der Waals surface area contributed by atoms with Crippen molar-refractivity contribution >= 4 is 20.6 Å². The largest absolute Gasteiger partial charge is 0.309 e. The summed E-state index contributed by atoms with van der Waals surface area (Å²) in [6.45, 7) is 7.65. The predicted molar refractivity (Wildman–Crippen MR) is 46.3 cm³/mol. The van der Waals surface area contributed by atoms with Crippen LogP contribution in [0.25, 0.3) is 0 Å². The first-order valence-electron chi connectivity index (χ1n) is 3.31. The zero-order valence-corrected chi connectivity index (χ0v) is 8.29. The number of carbonyl (C=O) groups is 1. The van der Waals surface area contributed by atoms with Crippen molar-refractivity contribution in [1.82, 2.24) is 5.32 Å². The molecule has 0 aliphatic heterocycles. The number of rotatable bonds is 3. The van der Waals surface area contributed by atoms with Crippen LogP contribution in [0.4, 0.5) is 0 Å². The van der Waals surface area contributed by atoms with Gasteiger partial charge in [0, 0.05) is 6.54 Å². The molecule has 0 radical (unpaired) electrons. The van der Waals surface area contributed by atoms with E-state index in [1.807, 2.05) is 0 Å². The van der Waals surface area contributed by atoms with Crippen molar-refractivity contribution in [2.75, 3.05) is 13.1 Å². The molecule has 2 nitrogen and oxygen atoms in total. The van der Waals surface area contributed by atoms with Crippen molar-refractivity contribution in [3.05, 3.63) is 0 Å². The van der Waals surface area contributed by atoms with Gasteiger partial charge in [0.15, 0.2) is 0 Å². The van der Waals surface area contributed by atoms with Crippen LogP contribution in [-0.4, -0.2) is 17.8 Å². The molecule has 0 aliphatic rings. The fourth-order valence-corrected chi connectivity index (χ4v) is 0.734. The van der Waals surface area contributed by atoms with Crippen LogP contribution in [0.3, 0.4) is 0 Å². The van der Waals surface area contributed by atoms with Gasteiger partial charge in [-0.25, -0.2) is 0 Å². The van der Waals surface area contributed by atoms with Crippen molar-refractivity contribution in [1.29, 1.82) is 0 Å². The molecule has 60 valence electrons. The molecular formula is C7H14BrNO. The van der Waals surface area contributed by atoms with Crippen LogP contribution in [0.1, 0.15) is 20.8 Å². The highest BCUT2D eigenvalue weighted by atomic mass is 79.9. The molecule has 0 saturated carbocycles. The number of carbonyl (C=O) groups excluding carboxylic acids is 1. The summed E-state index contributed by atoms with van der Waals surface area (Å²) in [7, 11) is 0. The minimum absolute atomic E-state index is 0.0109. The van der Waals surface area contributed by atoms with Gasteiger partial charge in [0.05, 0.1) is 6.54 Å². The highest BCUT2D eigenvalue weighted by Crippen LogP contribution is 2.09. The maximum absolute atomic E-state index is 10.4. The van der Waals surface area contributed by atoms with Crippen molar-refractivity contribution in [2.45, 2.75) is 20.8 Å². The second-order valence-electron chi connectivity index (χ2n) is 3.52. The van der Waals surface area contributed by atoms with Crippen LogP contribution in [0.15, 0.2) is 0 Å². The highest BCUT2D eigenvalue weighted by molar-refractivity contribution is 9.18. The summed E-state index contributed by atoms with van der Waals surface area (Å²) in [6, 6.07) is 0. The third-order valence-electron chi connectivity index (χ3n) is 0.919. The summed E-state index contributed by atoms with van der Waals surface area (Å²) in [5, 5.41) is 3.03. The first-order valence-corrected chi connectivity index (χ1v) is 4.10. The quantitative estimate of drug-likeness (QED) is 0.713. The summed E-state index contributed by atoms with van der Waals surface area (Å²) in [6.07, 6.45) is 0. The maximum Gasteiger partial charge on any atom is 0.211 e. The van der Waals surface area contributed by atoms with Crippen LogP contribution in [0, 0.1) is 5.41 Å². The van der Waals surface area contributed by atoms with E-state index in [0.717, 1.165) is 6.54 Å². The summed E-state index contributed by atoms with van der Waals surface area (Å²) in [5.41, 5.74) is 0.252. The Labute approximate surface area is 70.5 Å². The van der Waals surface area contributed by atoms with Gasteiger partial charge in [-0.2, -0.15) is 0 Å². The predicted octanol–water partition coefficient (Wildman–Crippen LogP) is 1.54. The molecule has 0 atom stereocenters. The molecule has 10 heavy (non-hydrogen) atoms. The van der Waals surface area contributed by atoms with Gasteiger partial charge < -0.3 is 5.32 Å². The monoisotopic (exact) mass is 207 g/mol. The molecule has 0 bridgehead atoms. The average molecular weight is 208 g/mol. The lowest BCUT2D eigenvalue weighted by Crippen LogP contribution is -2.29. The molecule has 0 spiro atoms. The van der Waals surface area contributed by atoms with Crippen LogP contribution in [-0.2, 0) is 4.79 Å². The second kappa shape index (κ2) is 4.09. The SMILES string of the molecule is CC(C)(C)CNCC(=O)Br. The van der Waals surface area contributed by atoms with Gasteiger partial charge in [0.2, 0.25) is 4.69 Å². The fourth-order valence-electron chi connectivity index (χ4n) is 0.536. The molecule has 0 rings (SSSR count). The Bertz CT molecular complexity index is 117. The molecule has 0 heterocycles. The van der Waals surface area contributed by atoms with E-state index in [-0.39, 0.29) is 10.1 Å². The molecule has 0 saturated heterocycles. The lowest BCUT2D eigenvalue weighted by atomic mass is 9.97. The molecule has 3 heteroatoms. The molecule has 0 fully saturated rings.